The lowest BCUT2D eigenvalue weighted by Gasteiger charge is -2.19. The van der Waals surface area contributed by atoms with Crippen molar-refractivity contribution < 1.29 is 14.4 Å². The van der Waals surface area contributed by atoms with Crippen LogP contribution in [0.4, 0.5) is 0 Å². The normalized spacial score (nSPS) is 12.6. The number of imidazole rings is 1. The Morgan fingerprint density at radius 2 is 1.83 bits per heavy atom. The van der Waals surface area contributed by atoms with Crippen molar-refractivity contribution in [1.29, 1.82) is 0 Å². The maximum atomic E-state index is 12.9. The van der Waals surface area contributed by atoms with E-state index in [4.69, 9.17) is 0 Å². The van der Waals surface area contributed by atoms with Crippen LogP contribution in [-0.2, 0) is 9.59 Å². The highest BCUT2D eigenvalue weighted by atomic mass is 32.1. The van der Waals surface area contributed by atoms with E-state index in [2.05, 4.69) is 20.0 Å². The first-order valence-electron chi connectivity index (χ1n) is 9.63. The molecule has 3 rings (SSSR count). The number of aromatic nitrogens is 3. The van der Waals surface area contributed by atoms with Gasteiger partial charge in [0.25, 0.3) is 5.91 Å². The SMILES string of the molecule is CC(C)CC(=O)NC(=O)C(CC(C)C)NC(=O)c1nsc2nc3ccccc3n12. The Morgan fingerprint density at radius 3 is 2.52 bits per heavy atom. The van der Waals surface area contributed by atoms with Crippen molar-refractivity contribution in [2.75, 3.05) is 0 Å². The lowest BCUT2D eigenvalue weighted by molar-refractivity contribution is -0.132. The number of hydrogen-bond donors (Lipinski definition) is 2. The first-order chi connectivity index (χ1) is 13.8. The van der Waals surface area contributed by atoms with Crippen LogP contribution in [0, 0.1) is 11.8 Å². The molecule has 0 spiro atoms. The third kappa shape index (κ3) is 4.79. The van der Waals surface area contributed by atoms with Crippen LogP contribution in [0.1, 0.15) is 51.2 Å². The molecule has 0 fully saturated rings. The minimum Gasteiger partial charge on any atom is -0.338 e. The van der Waals surface area contributed by atoms with Gasteiger partial charge in [-0.3, -0.25) is 24.1 Å². The van der Waals surface area contributed by atoms with Crippen LogP contribution < -0.4 is 10.6 Å². The number of nitrogens with zero attached hydrogens (tertiary/aromatic N) is 3. The summed E-state index contributed by atoms with van der Waals surface area (Å²) >= 11 is 1.12. The Hall–Kier alpha value is -2.81. The van der Waals surface area contributed by atoms with Crippen molar-refractivity contribution in [3.8, 4) is 0 Å². The van der Waals surface area contributed by atoms with Gasteiger partial charge in [0.1, 0.15) is 6.04 Å². The number of fused-ring (bicyclic) bond motifs is 3. The molecule has 9 heteroatoms. The number of rotatable bonds is 7. The third-order valence-electron chi connectivity index (χ3n) is 4.34. The minimum absolute atomic E-state index is 0.138. The second-order valence-electron chi connectivity index (χ2n) is 7.89. The highest BCUT2D eigenvalue weighted by Crippen LogP contribution is 2.21. The first kappa shape index (κ1) is 20.9. The van der Waals surface area contributed by atoms with Gasteiger partial charge in [-0.05, 0) is 30.4 Å². The van der Waals surface area contributed by atoms with Gasteiger partial charge < -0.3 is 5.32 Å². The van der Waals surface area contributed by atoms with Crippen LogP contribution in [0.2, 0.25) is 0 Å². The molecule has 0 aliphatic heterocycles. The summed E-state index contributed by atoms with van der Waals surface area (Å²) in [5, 5.41) is 5.15. The Balaban J connectivity index is 1.82. The quantitative estimate of drug-likeness (QED) is 0.617. The van der Waals surface area contributed by atoms with Gasteiger partial charge in [-0.15, -0.1) is 0 Å². The third-order valence-corrected chi connectivity index (χ3v) is 5.05. The van der Waals surface area contributed by atoms with E-state index in [0.29, 0.717) is 11.4 Å². The Labute approximate surface area is 172 Å². The van der Waals surface area contributed by atoms with Crippen molar-refractivity contribution in [2.45, 2.75) is 46.6 Å². The molecule has 0 radical (unpaired) electrons. The summed E-state index contributed by atoms with van der Waals surface area (Å²) in [5.41, 5.74) is 1.55. The predicted octanol–water partition coefficient (Wildman–Crippen LogP) is 2.78. The van der Waals surface area contributed by atoms with Crippen molar-refractivity contribution in [2.24, 2.45) is 11.8 Å². The lowest BCUT2D eigenvalue weighted by Crippen LogP contribution is -2.49. The van der Waals surface area contributed by atoms with Crippen LogP contribution in [0.15, 0.2) is 24.3 Å². The summed E-state index contributed by atoms with van der Waals surface area (Å²) in [6.45, 7) is 7.71. The molecule has 3 amide bonds. The summed E-state index contributed by atoms with van der Waals surface area (Å²) in [4.78, 5) is 42.6. The lowest BCUT2D eigenvalue weighted by atomic mass is 10.0. The zero-order chi connectivity index (χ0) is 21.1. The average molecular weight is 416 g/mol. The molecule has 154 valence electrons. The van der Waals surface area contributed by atoms with E-state index in [1.54, 1.807) is 4.40 Å². The fourth-order valence-electron chi connectivity index (χ4n) is 3.11. The number of para-hydroxylation sites is 2. The van der Waals surface area contributed by atoms with Crippen LogP contribution in [0.3, 0.4) is 0 Å². The Morgan fingerprint density at radius 1 is 1.10 bits per heavy atom. The smallest absolute Gasteiger partial charge is 0.289 e. The standard InChI is InChI=1S/C20H25N5O3S/c1-11(2)9-14(18(27)23-16(26)10-12(3)4)21-19(28)17-24-29-20-22-13-7-5-6-8-15(13)25(17)20/h5-8,11-12,14H,9-10H2,1-4H3,(H,21,28)(H,23,26,27). The van der Waals surface area contributed by atoms with Crippen molar-refractivity contribution >= 4 is 45.2 Å². The first-order valence-corrected chi connectivity index (χ1v) is 10.4. The number of amides is 3. The number of benzene rings is 1. The molecular weight excluding hydrogens is 390 g/mol. The minimum atomic E-state index is -0.829. The summed E-state index contributed by atoms with van der Waals surface area (Å²) in [7, 11) is 0. The Bertz CT molecular complexity index is 1050. The summed E-state index contributed by atoms with van der Waals surface area (Å²) in [5.74, 6) is -0.857. The molecule has 3 aromatic rings. The number of carbonyl (C=O) groups is 3. The Kier molecular flexibility index (Phi) is 6.26. The average Bonchev–Trinajstić information content (AvgIpc) is 3.18. The molecule has 8 nitrogen and oxygen atoms in total. The van der Waals surface area contributed by atoms with E-state index in [9.17, 15) is 14.4 Å². The van der Waals surface area contributed by atoms with Crippen LogP contribution >= 0.6 is 11.5 Å². The van der Waals surface area contributed by atoms with Gasteiger partial charge in [-0.2, -0.15) is 4.37 Å². The molecule has 0 saturated heterocycles. The molecular formula is C20H25N5O3S. The van der Waals surface area contributed by atoms with Gasteiger partial charge in [-0.25, -0.2) is 4.98 Å². The molecule has 1 atom stereocenters. The van der Waals surface area contributed by atoms with Gasteiger partial charge in [0.2, 0.25) is 22.6 Å². The molecule has 2 heterocycles. The summed E-state index contributed by atoms with van der Waals surface area (Å²) in [6, 6.07) is 6.65. The maximum absolute atomic E-state index is 12.9. The molecule has 0 aliphatic carbocycles. The van der Waals surface area contributed by atoms with Gasteiger partial charge in [0.05, 0.1) is 11.0 Å². The van der Waals surface area contributed by atoms with Crippen LogP contribution in [-0.4, -0.2) is 37.5 Å². The fourth-order valence-corrected chi connectivity index (χ4v) is 3.85. The molecule has 1 aromatic carbocycles. The van der Waals surface area contributed by atoms with Gasteiger partial charge in [0.15, 0.2) is 0 Å². The zero-order valence-electron chi connectivity index (χ0n) is 16.9. The molecule has 29 heavy (non-hydrogen) atoms. The molecule has 0 saturated carbocycles. The molecule has 1 unspecified atom stereocenters. The molecule has 0 aliphatic rings. The molecule has 2 N–H and O–H groups in total. The monoisotopic (exact) mass is 415 g/mol. The van der Waals surface area contributed by atoms with Gasteiger partial charge in [-0.1, -0.05) is 39.8 Å². The fraction of sp³-hybridized carbons (Fsp3) is 0.450. The van der Waals surface area contributed by atoms with Crippen molar-refractivity contribution in [1.82, 2.24) is 24.4 Å². The maximum Gasteiger partial charge on any atom is 0.289 e. The highest BCUT2D eigenvalue weighted by molar-refractivity contribution is 7.11. The number of hydrogen-bond acceptors (Lipinski definition) is 6. The second kappa shape index (κ2) is 8.69. The van der Waals surface area contributed by atoms with E-state index >= 15 is 0 Å². The van der Waals surface area contributed by atoms with E-state index < -0.39 is 17.9 Å². The zero-order valence-corrected chi connectivity index (χ0v) is 17.7. The highest BCUT2D eigenvalue weighted by Gasteiger charge is 2.27. The van der Waals surface area contributed by atoms with Crippen molar-refractivity contribution in [3.63, 3.8) is 0 Å². The second-order valence-corrected chi connectivity index (χ2v) is 8.62. The van der Waals surface area contributed by atoms with E-state index in [0.717, 1.165) is 22.6 Å². The largest absolute Gasteiger partial charge is 0.338 e. The predicted molar refractivity (Wildman–Crippen MR) is 112 cm³/mol. The number of imide groups is 1. The number of nitrogens with one attached hydrogen (secondary N) is 2. The van der Waals surface area contributed by atoms with Crippen LogP contribution in [0.5, 0.6) is 0 Å². The summed E-state index contributed by atoms with van der Waals surface area (Å²) < 4.78 is 5.91. The molecule has 0 bridgehead atoms. The summed E-state index contributed by atoms with van der Waals surface area (Å²) in [6.07, 6.45) is 0.659. The molecule has 2 aromatic heterocycles. The van der Waals surface area contributed by atoms with E-state index in [1.165, 1.54) is 0 Å². The topological polar surface area (TPSA) is 105 Å². The van der Waals surface area contributed by atoms with Crippen LogP contribution in [0.25, 0.3) is 16.0 Å². The van der Waals surface area contributed by atoms with Crippen molar-refractivity contribution in [3.05, 3.63) is 30.1 Å². The number of carbonyl (C=O) groups excluding carboxylic acids is 3. The van der Waals surface area contributed by atoms with Gasteiger partial charge >= 0.3 is 0 Å². The van der Waals surface area contributed by atoms with E-state index in [-0.39, 0.29) is 30.0 Å². The van der Waals surface area contributed by atoms with E-state index in [1.807, 2.05) is 52.0 Å². The van der Waals surface area contributed by atoms with Gasteiger partial charge in [0, 0.05) is 18.0 Å².